The van der Waals surface area contributed by atoms with E-state index in [4.69, 9.17) is 4.52 Å². The summed E-state index contributed by atoms with van der Waals surface area (Å²) in [5.41, 5.74) is -0.0259. The number of piperidine rings is 1. The number of likely N-dealkylation sites (tertiary alicyclic amines) is 1. The fraction of sp³-hybridized carbons (Fsp3) is 0.842. The third-order valence-electron chi connectivity index (χ3n) is 6.75. The molecular weight excluding hydrogens is 394 g/mol. The molecule has 1 aromatic rings. The number of nitrogens with zero attached hydrogens (tertiary/aromatic N) is 4. The van der Waals surface area contributed by atoms with E-state index in [1.165, 1.54) is 19.1 Å². The van der Waals surface area contributed by atoms with Crippen molar-refractivity contribution in [1.82, 2.24) is 24.7 Å². The lowest BCUT2D eigenvalue weighted by Crippen LogP contribution is -2.45. The van der Waals surface area contributed by atoms with Gasteiger partial charge in [0.2, 0.25) is 21.8 Å². The minimum absolute atomic E-state index is 0.0259. The maximum absolute atomic E-state index is 12.7. The summed E-state index contributed by atoms with van der Waals surface area (Å²) >= 11 is 0. The maximum atomic E-state index is 12.7. The molecular formula is C19H31N5O4S. The van der Waals surface area contributed by atoms with Crippen LogP contribution >= 0.6 is 0 Å². The largest absolute Gasteiger partial charge is 0.352 e. The molecule has 1 atom stereocenters. The Hall–Kier alpha value is -1.52. The van der Waals surface area contributed by atoms with Crippen molar-refractivity contribution < 1.29 is 17.7 Å². The van der Waals surface area contributed by atoms with E-state index in [0.717, 1.165) is 38.6 Å². The average Bonchev–Trinajstić information content (AvgIpc) is 3.36. The minimum atomic E-state index is -3.17. The van der Waals surface area contributed by atoms with Gasteiger partial charge in [-0.25, -0.2) is 12.7 Å². The molecule has 10 heteroatoms. The van der Waals surface area contributed by atoms with Crippen molar-refractivity contribution >= 4 is 15.9 Å². The smallest absolute Gasteiger partial charge is 0.244 e. The van der Waals surface area contributed by atoms with Crippen LogP contribution in [0.2, 0.25) is 0 Å². The highest BCUT2D eigenvalue weighted by Crippen LogP contribution is 2.48. The molecule has 3 aliphatic rings. The van der Waals surface area contributed by atoms with Crippen LogP contribution in [-0.4, -0.2) is 72.1 Å². The number of rotatable bonds is 5. The normalized spacial score (nSPS) is 26.3. The Morgan fingerprint density at radius 3 is 2.55 bits per heavy atom. The van der Waals surface area contributed by atoms with E-state index in [1.54, 1.807) is 11.2 Å². The van der Waals surface area contributed by atoms with E-state index in [9.17, 15) is 13.2 Å². The fourth-order valence-electron chi connectivity index (χ4n) is 5.19. The van der Waals surface area contributed by atoms with Crippen molar-refractivity contribution in [2.75, 3.05) is 32.4 Å². The number of nitrogens with one attached hydrogen (secondary N) is 1. The summed E-state index contributed by atoms with van der Waals surface area (Å²) in [6.45, 7) is 3.89. The molecule has 162 valence electrons. The van der Waals surface area contributed by atoms with Gasteiger partial charge in [0.25, 0.3) is 0 Å². The Bertz CT molecular complexity index is 841. The molecule has 0 aromatic carbocycles. The van der Waals surface area contributed by atoms with Crippen LogP contribution in [0.1, 0.15) is 62.7 Å². The first-order valence-electron chi connectivity index (χ1n) is 10.5. The Balaban J connectivity index is 1.47. The van der Waals surface area contributed by atoms with Gasteiger partial charge < -0.3 is 9.84 Å². The zero-order valence-corrected chi connectivity index (χ0v) is 18.1. The number of carbonyl (C=O) groups excluding carboxylic acids is 1. The van der Waals surface area contributed by atoms with Gasteiger partial charge in [-0.3, -0.25) is 9.69 Å². The number of aryl methyl sites for hydroxylation is 1. The molecule has 1 saturated carbocycles. The second-order valence-corrected chi connectivity index (χ2v) is 11.0. The summed E-state index contributed by atoms with van der Waals surface area (Å²) < 4.78 is 30.8. The van der Waals surface area contributed by atoms with Crippen LogP contribution in [0.3, 0.4) is 0 Å². The molecule has 29 heavy (non-hydrogen) atoms. The number of aromatic nitrogens is 2. The van der Waals surface area contributed by atoms with Gasteiger partial charge >= 0.3 is 0 Å². The van der Waals surface area contributed by atoms with Gasteiger partial charge in [-0.05, 0) is 44.4 Å². The summed E-state index contributed by atoms with van der Waals surface area (Å²) in [4.78, 5) is 19.3. The summed E-state index contributed by atoms with van der Waals surface area (Å²) in [5.74, 6) is 1.19. The number of hydrogen-bond donors (Lipinski definition) is 1. The third-order valence-corrected chi connectivity index (χ3v) is 8.06. The first kappa shape index (κ1) is 20.7. The topological polar surface area (TPSA) is 109 Å². The van der Waals surface area contributed by atoms with Crippen molar-refractivity contribution in [1.29, 1.82) is 0 Å². The summed E-state index contributed by atoms with van der Waals surface area (Å²) in [6, 6.07) is 0.191. The van der Waals surface area contributed by atoms with E-state index >= 15 is 0 Å². The summed E-state index contributed by atoms with van der Waals surface area (Å²) in [6.07, 6.45) is 8.12. The monoisotopic (exact) mass is 425 g/mol. The number of hydrogen-bond acceptors (Lipinski definition) is 7. The van der Waals surface area contributed by atoms with Gasteiger partial charge in [0.15, 0.2) is 5.82 Å². The number of sulfonamides is 1. The molecule has 2 saturated heterocycles. The van der Waals surface area contributed by atoms with Crippen LogP contribution in [0.4, 0.5) is 0 Å². The van der Waals surface area contributed by atoms with Crippen LogP contribution < -0.4 is 5.32 Å². The zero-order valence-electron chi connectivity index (χ0n) is 17.3. The van der Waals surface area contributed by atoms with E-state index in [2.05, 4.69) is 20.4 Å². The van der Waals surface area contributed by atoms with Crippen molar-refractivity contribution in [2.24, 2.45) is 5.41 Å². The second kappa shape index (κ2) is 7.96. The second-order valence-electron chi connectivity index (χ2n) is 9.02. The molecule has 1 aromatic heterocycles. The molecule has 2 aliphatic heterocycles. The van der Waals surface area contributed by atoms with Crippen molar-refractivity contribution in [3.8, 4) is 0 Å². The quantitative estimate of drug-likeness (QED) is 0.756. The Kier molecular flexibility index (Phi) is 5.69. The predicted molar refractivity (Wildman–Crippen MR) is 106 cm³/mol. The van der Waals surface area contributed by atoms with E-state index < -0.39 is 10.0 Å². The molecule has 9 nitrogen and oxygen atoms in total. The number of amides is 1. The van der Waals surface area contributed by atoms with Gasteiger partial charge in [0, 0.05) is 25.7 Å². The van der Waals surface area contributed by atoms with Crippen LogP contribution in [0.25, 0.3) is 0 Å². The highest BCUT2D eigenvalue weighted by molar-refractivity contribution is 7.88. The first-order chi connectivity index (χ1) is 13.7. The van der Waals surface area contributed by atoms with Crippen LogP contribution in [0.15, 0.2) is 4.52 Å². The Morgan fingerprint density at radius 1 is 1.28 bits per heavy atom. The molecule has 3 heterocycles. The van der Waals surface area contributed by atoms with E-state index in [-0.39, 0.29) is 17.4 Å². The highest BCUT2D eigenvalue weighted by atomic mass is 32.2. The standard InChI is InChI=1S/C19H31N5O4S/c1-14-20-18(28-22-14)16-11-19(7-9-24(10-8-19)29(2,26)27)13-23(16)12-17(25)21-15-5-3-4-6-15/h15-16H,3-13H2,1-2H3,(H,21,25). The predicted octanol–water partition coefficient (Wildman–Crippen LogP) is 1.23. The van der Waals surface area contributed by atoms with E-state index in [1.807, 2.05) is 0 Å². The molecule has 0 radical (unpaired) electrons. The van der Waals surface area contributed by atoms with Crippen LogP contribution in [0.5, 0.6) is 0 Å². The minimum Gasteiger partial charge on any atom is -0.352 e. The summed E-state index contributed by atoms with van der Waals surface area (Å²) in [5, 5.41) is 7.10. The average molecular weight is 426 g/mol. The van der Waals surface area contributed by atoms with Crippen molar-refractivity contribution in [3.05, 3.63) is 11.7 Å². The molecule has 1 spiro atoms. The lowest BCUT2D eigenvalue weighted by atomic mass is 9.77. The third kappa shape index (κ3) is 4.64. The zero-order chi connectivity index (χ0) is 20.6. The molecule has 0 bridgehead atoms. The van der Waals surface area contributed by atoms with Crippen LogP contribution in [-0.2, 0) is 14.8 Å². The van der Waals surface area contributed by atoms with Crippen LogP contribution in [0, 0.1) is 12.3 Å². The van der Waals surface area contributed by atoms with Gasteiger partial charge in [0.05, 0.1) is 18.8 Å². The Labute approximate surface area is 172 Å². The fourth-order valence-corrected chi connectivity index (χ4v) is 6.03. The van der Waals surface area contributed by atoms with Gasteiger partial charge in [-0.1, -0.05) is 18.0 Å². The van der Waals surface area contributed by atoms with Crippen molar-refractivity contribution in [3.63, 3.8) is 0 Å². The molecule has 1 amide bonds. The molecule has 1 aliphatic carbocycles. The molecule has 3 fully saturated rings. The van der Waals surface area contributed by atoms with Gasteiger partial charge in [-0.15, -0.1) is 0 Å². The summed E-state index contributed by atoms with van der Waals surface area (Å²) in [7, 11) is -3.17. The van der Waals surface area contributed by atoms with Gasteiger partial charge in [-0.2, -0.15) is 4.98 Å². The lowest BCUT2D eigenvalue weighted by Gasteiger charge is -2.38. The van der Waals surface area contributed by atoms with Crippen molar-refractivity contribution in [2.45, 2.75) is 64.0 Å². The highest BCUT2D eigenvalue weighted by Gasteiger charge is 2.49. The SMILES string of the molecule is Cc1noc(C2CC3(CCN(S(C)(=O)=O)CC3)CN2CC(=O)NC2CCCC2)n1. The maximum Gasteiger partial charge on any atom is 0.244 e. The molecule has 1 N–H and O–H groups in total. The Morgan fingerprint density at radius 2 is 1.97 bits per heavy atom. The molecule has 4 rings (SSSR count). The number of carbonyl (C=O) groups is 1. The first-order valence-corrected chi connectivity index (χ1v) is 12.4. The van der Waals surface area contributed by atoms with E-state index in [0.29, 0.717) is 37.4 Å². The lowest BCUT2D eigenvalue weighted by molar-refractivity contribution is -0.123. The van der Waals surface area contributed by atoms with Gasteiger partial charge in [0.1, 0.15) is 0 Å². The molecule has 1 unspecified atom stereocenters.